The number of carbonyl (C=O) groups excluding carboxylic acids is 1. The van der Waals surface area contributed by atoms with Gasteiger partial charge in [-0.1, -0.05) is 6.92 Å². The minimum atomic E-state index is -0.0217. The Morgan fingerprint density at radius 2 is 2.37 bits per heavy atom. The molecule has 1 unspecified atom stereocenters. The van der Waals surface area contributed by atoms with Crippen LogP contribution in [0.3, 0.4) is 0 Å². The largest absolute Gasteiger partial charge is 0.495 e. The topological polar surface area (TPSA) is 50.7 Å². The van der Waals surface area contributed by atoms with Gasteiger partial charge < -0.3 is 4.74 Å². The molecule has 0 spiro atoms. The fourth-order valence-electron chi connectivity index (χ4n) is 2.19. The first-order chi connectivity index (χ1) is 9.02. The zero-order valence-corrected chi connectivity index (χ0v) is 12.4. The Morgan fingerprint density at radius 1 is 1.63 bits per heavy atom. The fourth-order valence-corrected chi connectivity index (χ4v) is 3.07. The van der Waals surface area contributed by atoms with Crippen LogP contribution < -0.4 is 10.2 Å². The van der Waals surface area contributed by atoms with Crippen LogP contribution in [0.15, 0.2) is 16.6 Å². The maximum absolute atomic E-state index is 11.2. The van der Waals surface area contributed by atoms with Crippen molar-refractivity contribution in [3.05, 3.63) is 21.9 Å². The molecule has 1 aromatic rings. The highest BCUT2D eigenvalue weighted by Crippen LogP contribution is 2.34. The average molecular weight is 278 g/mol. The first-order valence-corrected chi connectivity index (χ1v) is 7.08. The summed E-state index contributed by atoms with van der Waals surface area (Å²) in [5.74, 6) is 1.02. The fraction of sp³-hybridized carbons (Fsp3) is 0.429. The molecule has 5 heteroatoms. The zero-order valence-electron chi connectivity index (χ0n) is 11.6. The number of aryl methyl sites for hydroxylation is 1. The quantitative estimate of drug-likeness (QED) is 0.924. The lowest BCUT2D eigenvalue weighted by molar-refractivity contribution is -0.121. The molecule has 2 rings (SSSR count). The van der Waals surface area contributed by atoms with Crippen molar-refractivity contribution in [1.29, 1.82) is 0 Å². The van der Waals surface area contributed by atoms with Crippen molar-refractivity contribution in [3.63, 3.8) is 0 Å². The third-order valence-corrected chi connectivity index (χ3v) is 4.12. The smallest absolute Gasteiger partial charge is 0.240 e. The first-order valence-electron chi connectivity index (χ1n) is 6.20. The van der Waals surface area contributed by atoms with E-state index in [1.54, 1.807) is 18.4 Å². The van der Waals surface area contributed by atoms with Gasteiger partial charge in [0.15, 0.2) is 0 Å². The number of ether oxygens (including phenoxy) is 1. The number of amides is 1. The second kappa shape index (κ2) is 5.57. The summed E-state index contributed by atoms with van der Waals surface area (Å²) in [5, 5.41) is 6.14. The maximum atomic E-state index is 11.2. The van der Waals surface area contributed by atoms with Crippen LogP contribution in [0.5, 0.6) is 5.75 Å². The summed E-state index contributed by atoms with van der Waals surface area (Å²) in [6, 6.07) is 0. The zero-order chi connectivity index (χ0) is 14.0. The van der Waals surface area contributed by atoms with Gasteiger partial charge >= 0.3 is 0 Å². The van der Waals surface area contributed by atoms with Gasteiger partial charge in [-0.2, -0.15) is 5.10 Å². The molecular formula is C14H18N2O2S. The Kier molecular flexibility index (Phi) is 4.04. The molecule has 0 saturated carbocycles. The highest BCUT2D eigenvalue weighted by atomic mass is 32.1. The summed E-state index contributed by atoms with van der Waals surface area (Å²) in [5.41, 5.74) is 5.67. The van der Waals surface area contributed by atoms with Gasteiger partial charge in [0.2, 0.25) is 5.91 Å². The summed E-state index contributed by atoms with van der Waals surface area (Å²) in [6.07, 6.45) is 2.52. The normalized spacial score (nSPS) is 20.0. The monoisotopic (exact) mass is 278 g/mol. The highest BCUT2D eigenvalue weighted by Gasteiger charge is 2.20. The lowest BCUT2D eigenvalue weighted by Crippen LogP contribution is -2.30. The van der Waals surface area contributed by atoms with Crippen LogP contribution in [0, 0.1) is 12.8 Å². The lowest BCUT2D eigenvalue weighted by Gasteiger charge is -2.17. The number of rotatable bonds is 3. The Balaban J connectivity index is 2.33. The molecule has 102 valence electrons. The van der Waals surface area contributed by atoms with Gasteiger partial charge in [0, 0.05) is 28.2 Å². The van der Waals surface area contributed by atoms with Gasteiger partial charge in [0.25, 0.3) is 0 Å². The van der Waals surface area contributed by atoms with Gasteiger partial charge in [-0.25, -0.2) is 5.43 Å². The van der Waals surface area contributed by atoms with Crippen LogP contribution in [0.2, 0.25) is 0 Å². The molecule has 19 heavy (non-hydrogen) atoms. The van der Waals surface area contributed by atoms with Crippen molar-refractivity contribution in [1.82, 2.24) is 5.43 Å². The SMILES string of the molecule is COc1csc(C)c1C(C)=CC1=NNC(=O)CC1C. The lowest BCUT2D eigenvalue weighted by atomic mass is 9.96. The van der Waals surface area contributed by atoms with Crippen molar-refractivity contribution in [2.24, 2.45) is 11.0 Å². The summed E-state index contributed by atoms with van der Waals surface area (Å²) in [6.45, 7) is 6.13. The molecule has 0 saturated heterocycles. The van der Waals surface area contributed by atoms with E-state index in [0.717, 1.165) is 22.6 Å². The van der Waals surface area contributed by atoms with E-state index in [0.29, 0.717) is 6.42 Å². The van der Waals surface area contributed by atoms with Gasteiger partial charge in [-0.05, 0) is 25.5 Å². The van der Waals surface area contributed by atoms with E-state index in [9.17, 15) is 4.79 Å². The minimum Gasteiger partial charge on any atom is -0.495 e. The average Bonchev–Trinajstić information content (AvgIpc) is 2.74. The predicted octanol–water partition coefficient (Wildman–Crippen LogP) is 2.98. The summed E-state index contributed by atoms with van der Waals surface area (Å²) in [4.78, 5) is 12.5. The van der Waals surface area contributed by atoms with Crippen LogP contribution >= 0.6 is 11.3 Å². The van der Waals surface area contributed by atoms with E-state index in [1.165, 1.54) is 4.88 Å². The predicted molar refractivity (Wildman–Crippen MR) is 78.6 cm³/mol. The number of hydrogen-bond donors (Lipinski definition) is 1. The Morgan fingerprint density at radius 3 is 3.00 bits per heavy atom. The van der Waals surface area contributed by atoms with Crippen LogP contribution in [-0.4, -0.2) is 18.7 Å². The number of methoxy groups -OCH3 is 1. The van der Waals surface area contributed by atoms with E-state index >= 15 is 0 Å². The minimum absolute atomic E-state index is 0.0217. The third-order valence-electron chi connectivity index (χ3n) is 3.23. The molecule has 0 aliphatic carbocycles. The van der Waals surface area contributed by atoms with Crippen LogP contribution in [-0.2, 0) is 4.79 Å². The molecule has 1 aromatic heterocycles. The second-order valence-electron chi connectivity index (χ2n) is 4.74. The van der Waals surface area contributed by atoms with Gasteiger partial charge in [-0.3, -0.25) is 4.79 Å². The first kappa shape index (κ1) is 13.8. The van der Waals surface area contributed by atoms with Crippen molar-refractivity contribution in [2.45, 2.75) is 27.2 Å². The van der Waals surface area contributed by atoms with E-state index in [1.807, 2.05) is 25.3 Å². The number of nitrogens with one attached hydrogen (secondary N) is 1. The molecule has 0 fully saturated rings. The van der Waals surface area contributed by atoms with Crippen LogP contribution in [0.25, 0.3) is 5.57 Å². The molecule has 1 aliphatic heterocycles. The van der Waals surface area contributed by atoms with E-state index < -0.39 is 0 Å². The van der Waals surface area contributed by atoms with E-state index in [2.05, 4.69) is 17.5 Å². The van der Waals surface area contributed by atoms with Gasteiger partial charge in [0.05, 0.1) is 12.8 Å². The van der Waals surface area contributed by atoms with E-state index in [4.69, 9.17) is 4.74 Å². The molecule has 2 heterocycles. The Hall–Kier alpha value is -1.62. The summed E-state index contributed by atoms with van der Waals surface area (Å²) >= 11 is 1.67. The van der Waals surface area contributed by atoms with Crippen molar-refractivity contribution in [2.75, 3.05) is 7.11 Å². The maximum Gasteiger partial charge on any atom is 0.240 e. The molecule has 1 N–H and O–H groups in total. The standard InChI is InChI=1S/C14H18N2O2S/c1-8-6-13(17)16-15-11(8)5-9(2)14-10(3)19-7-12(14)18-4/h5,7-8H,6H2,1-4H3,(H,16,17). The summed E-state index contributed by atoms with van der Waals surface area (Å²) in [7, 11) is 1.68. The van der Waals surface area contributed by atoms with Gasteiger partial charge in [0.1, 0.15) is 5.75 Å². The molecule has 0 bridgehead atoms. The number of nitrogens with zero attached hydrogens (tertiary/aromatic N) is 1. The number of hydrogen-bond acceptors (Lipinski definition) is 4. The molecule has 1 aliphatic rings. The molecule has 0 radical (unpaired) electrons. The van der Waals surface area contributed by atoms with Crippen molar-refractivity contribution in [3.8, 4) is 5.75 Å². The molecule has 1 amide bonds. The van der Waals surface area contributed by atoms with Crippen molar-refractivity contribution < 1.29 is 9.53 Å². The molecule has 1 atom stereocenters. The van der Waals surface area contributed by atoms with Crippen LogP contribution in [0.1, 0.15) is 30.7 Å². The Bertz CT molecular complexity index is 558. The molecule has 0 aromatic carbocycles. The number of thiophene rings is 1. The number of hydrazone groups is 1. The highest BCUT2D eigenvalue weighted by molar-refractivity contribution is 7.10. The Labute approximate surface area is 117 Å². The second-order valence-corrected chi connectivity index (χ2v) is 5.82. The van der Waals surface area contributed by atoms with E-state index in [-0.39, 0.29) is 11.8 Å². The molecular weight excluding hydrogens is 260 g/mol. The van der Waals surface area contributed by atoms with Gasteiger partial charge in [-0.15, -0.1) is 11.3 Å². The molecule has 4 nitrogen and oxygen atoms in total. The summed E-state index contributed by atoms with van der Waals surface area (Å²) < 4.78 is 5.38. The number of carbonyl (C=O) groups is 1. The number of allylic oxidation sites excluding steroid dienone is 2. The van der Waals surface area contributed by atoms with Crippen molar-refractivity contribution >= 4 is 28.5 Å². The van der Waals surface area contributed by atoms with Crippen LogP contribution in [0.4, 0.5) is 0 Å². The third kappa shape index (κ3) is 2.87.